The predicted molar refractivity (Wildman–Crippen MR) is 416 cm³/mol. The van der Waals surface area contributed by atoms with Crippen LogP contribution >= 0.6 is 0 Å². The Morgan fingerprint density at radius 1 is 0.554 bits per heavy atom. The molecule has 28 heteroatoms. The largest absolute Gasteiger partial charge is 0.494 e. The molecule has 4 aliphatic carbocycles. The number of ketones is 2. The Hall–Kier alpha value is -8.14. The first-order valence-electron chi connectivity index (χ1n) is 39.9. The van der Waals surface area contributed by atoms with Gasteiger partial charge in [0, 0.05) is 48.8 Å². The van der Waals surface area contributed by atoms with Crippen LogP contribution in [0.5, 0.6) is 23.3 Å². The number of Topliss-reactive ketones (excluding diaryl/α,β-unsaturated/α-hetero) is 2. The molecule has 6 fully saturated rings. The number of fused-ring (bicyclic) bond motifs is 6. The Labute approximate surface area is 656 Å². The topological polar surface area (TPSA) is 317 Å². The summed E-state index contributed by atoms with van der Waals surface area (Å²) in [4.78, 5) is 126. The minimum atomic E-state index is -4.33. The third kappa shape index (κ3) is 19.3. The average molecular weight is 1600 g/mol. The van der Waals surface area contributed by atoms with Crippen molar-refractivity contribution in [3.05, 3.63) is 85.2 Å². The zero-order valence-electron chi connectivity index (χ0n) is 66.7. The van der Waals surface area contributed by atoms with Gasteiger partial charge in [-0.2, -0.15) is 0 Å². The third-order valence-corrected chi connectivity index (χ3v) is 28.0. The summed E-state index contributed by atoms with van der Waals surface area (Å²) in [5.41, 5.74) is -4.30. The van der Waals surface area contributed by atoms with Gasteiger partial charge >= 0.3 is 11.9 Å². The first-order valence-corrected chi connectivity index (χ1v) is 42.8. The molecule has 4 saturated carbocycles. The van der Waals surface area contributed by atoms with Gasteiger partial charge in [-0.3, -0.25) is 47.8 Å². The van der Waals surface area contributed by atoms with Gasteiger partial charge in [-0.15, -0.1) is 0 Å². The molecule has 6 heterocycles. The number of pyridine rings is 2. The van der Waals surface area contributed by atoms with Crippen LogP contribution in [0.25, 0.3) is 21.5 Å². The van der Waals surface area contributed by atoms with Crippen molar-refractivity contribution in [2.75, 3.05) is 39.7 Å². The standard InChI is InChI=1S/2C42H56FN3O9S/c2*1-7-53-30-12-13-32-28(19-30)14-17-44-37(32)54-31-20-34-35(47)23-42(39(50)45-56(51,52)41(25-43)15-16-41)22-29(42)11-9-8-10-26(2)18-27(3)33(38(49)46(34)24-31)21-36(48)55-40(4,5)6/h2*9,11-14,17,19,26-27,29,31,33-34H,7-8,10,15-16,18,20-25H2,1-6H3,(H,45,50)/b2*11-9-/t26-,27+,29+,31+,33-,34-,42+;26-,27-,29-,31-,33+,34+,42-/m01/s1. The molecule has 4 aliphatic heterocycles. The number of hydrogen-bond acceptors (Lipinski definition) is 20. The number of sulfonamides is 2. The van der Waals surface area contributed by atoms with Crippen molar-refractivity contribution < 1.29 is 92.4 Å². The Kier molecular flexibility index (Phi) is 25.5. The molecule has 2 aromatic heterocycles. The molecule has 0 bridgehead atoms. The molecule has 112 heavy (non-hydrogen) atoms. The highest BCUT2D eigenvalue weighted by molar-refractivity contribution is 7.92. The molecule has 8 aliphatic rings. The van der Waals surface area contributed by atoms with Gasteiger partial charge in [-0.25, -0.2) is 35.6 Å². The number of hydrogen-bond donors (Lipinski definition) is 2. The van der Waals surface area contributed by atoms with Crippen LogP contribution in [0.4, 0.5) is 8.78 Å². The monoisotopic (exact) mass is 1590 g/mol. The van der Waals surface area contributed by atoms with E-state index in [9.17, 15) is 64.0 Å². The Bertz CT molecular complexity index is 4230. The van der Waals surface area contributed by atoms with E-state index in [0.29, 0.717) is 62.2 Å². The van der Waals surface area contributed by atoms with Crippen molar-refractivity contribution in [3.63, 3.8) is 0 Å². The summed E-state index contributed by atoms with van der Waals surface area (Å²) in [7, 11) is -8.67. The molecule has 14 atom stereocenters. The van der Waals surface area contributed by atoms with Crippen LogP contribution in [0.1, 0.15) is 199 Å². The number of carbonyl (C=O) groups is 8. The number of benzene rings is 2. The number of rotatable bonds is 20. The second kappa shape index (κ2) is 33.7. The molecule has 0 spiro atoms. The lowest BCUT2D eigenvalue weighted by atomic mass is 9.82. The van der Waals surface area contributed by atoms with Crippen molar-refractivity contribution in [2.24, 2.45) is 58.2 Å². The second-order valence-corrected chi connectivity index (χ2v) is 39.1. The number of halogens is 2. The lowest BCUT2D eigenvalue weighted by Gasteiger charge is -2.32. The zero-order valence-corrected chi connectivity index (χ0v) is 68.3. The molecule has 12 rings (SSSR count). The van der Waals surface area contributed by atoms with Gasteiger partial charge < -0.3 is 38.2 Å². The average Bonchev–Trinajstić information content (AvgIpc) is 1.58. The molecule has 4 aromatic rings. The lowest BCUT2D eigenvalue weighted by Crippen LogP contribution is -2.48. The van der Waals surface area contributed by atoms with Gasteiger partial charge in [0.15, 0.2) is 11.6 Å². The summed E-state index contributed by atoms with van der Waals surface area (Å²) in [6.07, 6.45) is 13.9. The van der Waals surface area contributed by atoms with Gasteiger partial charge in [-0.05, 0) is 227 Å². The van der Waals surface area contributed by atoms with Gasteiger partial charge in [0.2, 0.25) is 55.4 Å². The highest BCUT2D eigenvalue weighted by Gasteiger charge is 2.66. The molecule has 0 unspecified atom stereocenters. The van der Waals surface area contributed by atoms with Crippen LogP contribution in [0, 0.1) is 58.2 Å². The number of nitrogens with one attached hydrogen (secondary N) is 2. The van der Waals surface area contributed by atoms with Crippen molar-refractivity contribution in [1.29, 1.82) is 0 Å². The fourth-order valence-corrected chi connectivity index (χ4v) is 19.8. The Balaban J connectivity index is 0.000000221. The number of alkyl halides is 2. The molecule has 612 valence electrons. The smallest absolute Gasteiger partial charge is 0.307 e. The number of ether oxygens (including phenoxy) is 6. The van der Waals surface area contributed by atoms with Gasteiger partial charge in [0.05, 0.1) is 73.9 Å². The van der Waals surface area contributed by atoms with Crippen molar-refractivity contribution >= 4 is 88.7 Å². The van der Waals surface area contributed by atoms with Crippen molar-refractivity contribution in [3.8, 4) is 23.3 Å². The number of carbonyl (C=O) groups excluding carboxylic acids is 8. The summed E-state index contributed by atoms with van der Waals surface area (Å²) < 4.78 is 117. The molecular formula is C84H112F2N6O18S2. The Morgan fingerprint density at radius 3 is 1.27 bits per heavy atom. The minimum Gasteiger partial charge on any atom is -0.494 e. The maximum atomic E-state index is 14.9. The summed E-state index contributed by atoms with van der Waals surface area (Å²) in [5.74, 6) is -4.84. The summed E-state index contributed by atoms with van der Waals surface area (Å²) >= 11 is 0. The fourth-order valence-electron chi connectivity index (χ4n) is 16.9. The predicted octanol–water partition coefficient (Wildman–Crippen LogP) is 12.5. The summed E-state index contributed by atoms with van der Waals surface area (Å²) in [6.45, 7) is 21.3. The van der Waals surface area contributed by atoms with E-state index in [4.69, 9.17) is 28.4 Å². The van der Waals surface area contributed by atoms with E-state index in [1.807, 2.05) is 101 Å². The van der Waals surface area contributed by atoms with Crippen molar-refractivity contribution in [1.82, 2.24) is 29.2 Å². The van der Waals surface area contributed by atoms with E-state index in [1.165, 1.54) is 9.80 Å². The number of amides is 4. The van der Waals surface area contributed by atoms with E-state index in [-0.39, 0.29) is 126 Å². The minimum absolute atomic E-state index is 0.0212. The molecule has 2 saturated heterocycles. The van der Waals surface area contributed by atoms with E-state index in [1.54, 1.807) is 53.9 Å². The number of allylic oxidation sites excluding steroid dienone is 4. The van der Waals surface area contributed by atoms with Gasteiger partial charge in [0.1, 0.15) is 57.8 Å². The first-order chi connectivity index (χ1) is 52.8. The molecule has 4 amide bonds. The molecule has 24 nitrogen and oxygen atoms in total. The van der Waals surface area contributed by atoms with Crippen LogP contribution in [-0.4, -0.2) is 168 Å². The maximum Gasteiger partial charge on any atom is 0.307 e. The van der Waals surface area contributed by atoms with Crippen LogP contribution in [-0.2, 0) is 67.9 Å². The normalized spacial score (nSPS) is 29.9. The fraction of sp³-hybridized carbons (Fsp3) is 0.643. The second-order valence-electron chi connectivity index (χ2n) is 35.0. The molecule has 2 aromatic carbocycles. The highest BCUT2D eigenvalue weighted by atomic mass is 32.2. The van der Waals surface area contributed by atoms with Crippen LogP contribution < -0.4 is 28.4 Å². The van der Waals surface area contributed by atoms with E-state index in [2.05, 4.69) is 33.3 Å². The maximum absolute atomic E-state index is 14.9. The van der Waals surface area contributed by atoms with Crippen LogP contribution in [0.3, 0.4) is 0 Å². The number of nitrogens with zero attached hydrogens (tertiary/aromatic N) is 4. The Morgan fingerprint density at radius 2 is 0.929 bits per heavy atom. The summed E-state index contributed by atoms with van der Waals surface area (Å²) in [6, 6.07) is 12.7. The van der Waals surface area contributed by atoms with Crippen LogP contribution in [0.2, 0.25) is 0 Å². The SMILES string of the molecule is CCOc1ccc2c(O[C@@H]3C[C@H]4C(=O)C[C@]5(C(=O)NS(=O)(=O)C6(CF)CC6)C[C@H]5/C=C\CC[C@@H](C)C[C@@H](C)[C@H](CC(=O)OC(C)(C)C)C(=O)N4C3)nccc2c1.CCOc1ccc2c(O[C@@H]3C[C@H]4C(=O)C[C@]5(C(=O)NS(=O)(=O)C6(CF)CC6)C[C@H]5/C=C\CC[C@H](C)C[C@@H](C)[C@H](CC(=O)OC(C)(C)C)C(=O)N4C3)nccc2c1. The number of esters is 2. The summed E-state index contributed by atoms with van der Waals surface area (Å²) in [5, 5.41) is 3.10. The zero-order chi connectivity index (χ0) is 81.3. The van der Waals surface area contributed by atoms with Gasteiger partial charge in [0.25, 0.3) is 0 Å². The molecule has 2 N–H and O–H groups in total. The third-order valence-electron chi connectivity index (χ3n) is 23.8. The van der Waals surface area contributed by atoms with Crippen molar-refractivity contribution in [2.45, 2.75) is 244 Å². The quantitative estimate of drug-likeness (QED) is 0.0613. The number of aromatic nitrogens is 2. The van der Waals surface area contributed by atoms with E-state index < -0.39 is 148 Å². The van der Waals surface area contributed by atoms with E-state index >= 15 is 0 Å². The van der Waals surface area contributed by atoms with E-state index in [0.717, 1.165) is 34.4 Å². The molecular weight excluding hydrogens is 1480 g/mol. The molecule has 0 radical (unpaired) electrons. The first kappa shape index (κ1) is 84.8. The van der Waals surface area contributed by atoms with Crippen LogP contribution in [0.15, 0.2) is 85.2 Å². The van der Waals surface area contributed by atoms with Gasteiger partial charge in [-0.1, -0.05) is 52.0 Å². The highest BCUT2D eigenvalue weighted by Crippen LogP contribution is 2.59. The lowest BCUT2D eigenvalue weighted by molar-refractivity contribution is -0.160.